The van der Waals surface area contributed by atoms with E-state index in [-0.39, 0.29) is 5.56 Å². The zero-order chi connectivity index (χ0) is 13.3. The first-order valence-corrected chi connectivity index (χ1v) is 5.66. The molecule has 0 atom stereocenters. The molecule has 1 amide bonds. The second-order valence-electron chi connectivity index (χ2n) is 3.88. The summed E-state index contributed by atoms with van der Waals surface area (Å²) in [6, 6.07) is 4.89. The summed E-state index contributed by atoms with van der Waals surface area (Å²) < 4.78 is 5.00. The number of halogens is 1. The van der Waals surface area contributed by atoms with Gasteiger partial charge in [-0.15, -0.1) is 0 Å². The Morgan fingerprint density at radius 1 is 1.44 bits per heavy atom. The number of nitrogen functional groups attached to an aromatic ring is 1. The molecule has 1 heterocycles. The Balaban J connectivity index is 2.31. The van der Waals surface area contributed by atoms with Crippen LogP contribution in [0.15, 0.2) is 22.7 Å². The number of nitrogens with two attached hydrogens (primary N) is 1. The van der Waals surface area contributed by atoms with Crippen LogP contribution in [0.25, 0.3) is 0 Å². The van der Waals surface area contributed by atoms with Gasteiger partial charge in [0.15, 0.2) is 0 Å². The number of rotatable bonds is 2. The van der Waals surface area contributed by atoms with Crippen LogP contribution >= 0.6 is 11.6 Å². The van der Waals surface area contributed by atoms with Gasteiger partial charge in [0.2, 0.25) is 5.88 Å². The van der Waals surface area contributed by atoms with Gasteiger partial charge in [0, 0.05) is 11.3 Å². The Hall–Kier alpha value is -2.01. The molecule has 0 saturated heterocycles. The summed E-state index contributed by atoms with van der Waals surface area (Å²) >= 11 is 5.95. The van der Waals surface area contributed by atoms with E-state index in [2.05, 4.69) is 10.5 Å². The minimum atomic E-state index is -0.419. The Labute approximate surface area is 109 Å². The predicted octanol–water partition coefficient (Wildman–Crippen LogP) is 2.78. The number of aromatic nitrogens is 1. The lowest BCUT2D eigenvalue weighted by atomic mass is 10.1. The van der Waals surface area contributed by atoms with Crippen molar-refractivity contribution in [3.8, 4) is 0 Å². The number of benzene rings is 1. The first-order chi connectivity index (χ1) is 8.50. The highest BCUT2D eigenvalue weighted by molar-refractivity contribution is 6.35. The third-order valence-corrected chi connectivity index (χ3v) is 2.97. The van der Waals surface area contributed by atoms with E-state index in [4.69, 9.17) is 21.9 Å². The second kappa shape index (κ2) is 4.70. The summed E-state index contributed by atoms with van der Waals surface area (Å²) in [5.74, 6) is -0.117. The van der Waals surface area contributed by atoms with Gasteiger partial charge in [-0.3, -0.25) is 10.1 Å². The van der Waals surface area contributed by atoms with Gasteiger partial charge in [0.05, 0.1) is 16.3 Å². The zero-order valence-corrected chi connectivity index (χ0v) is 10.7. The van der Waals surface area contributed by atoms with Crippen molar-refractivity contribution in [1.82, 2.24) is 5.16 Å². The van der Waals surface area contributed by atoms with Crippen LogP contribution in [-0.2, 0) is 0 Å². The van der Waals surface area contributed by atoms with Gasteiger partial charge in [0.25, 0.3) is 5.91 Å². The van der Waals surface area contributed by atoms with Gasteiger partial charge >= 0.3 is 0 Å². The second-order valence-corrected chi connectivity index (χ2v) is 4.29. The Morgan fingerprint density at radius 2 is 2.17 bits per heavy atom. The number of nitrogens with zero attached hydrogens (tertiary/aromatic N) is 1. The minimum Gasteiger partial charge on any atom is -0.398 e. The number of nitrogens with one attached hydrogen (secondary N) is 1. The molecule has 2 aromatic rings. The van der Waals surface area contributed by atoms with Crippen molar-refractivity contribution < 1.29 is 9.32 Å². The SMILES string of the molecule is Cc1noc(NC(=O)c2c(N)cccc2Cl)c1C. The summed E-state index contributed by atoms with van der Waals surface area (Å²) in [5.41, 5.74) is 7.76. The van der Waals surface area contributed by atoms with Gasteiger partial charge in [-0.2, -0.15) is 0 Å². The topological polar surface area (TPSA) is 81.2 Å². The average Bonchev–Trinajstić information content (AvgIpc) is 2.61. The van der Waals surface area contributed by atoms with Crippen LogP contribution in [0.4, 0.5) is 11.6 Å². The molecule has 3 N–H and O–H groups in total. The van der Waals surface area contributed by atoms with E-state index in [0.717, 1.165) is 11.3 Å². The molecule has 18 heavy (non-hydrogen) atoms. The maximum Gasteiger partial charge on any atom is 0.261 e. The lowest BCUT2D eigenvalue weighted by Crippen LogP contribution is -2.14. The number of anilines is 2. The van der Waals surface area contributed by atoms with Gasteiger partial charge < -0.3 is 10.3 Å². The van der Waals surface area contributed by atoms with Crippen molar-refractivity contribution in [2.45, 2.75) is 13.8 Å². The first kappa shape index (κ1) is 12.4. The molecule has 1 aromatic carbocycles. The first-order valence-electron chi connectivity index (χ1n) is 5.29. The summed E-state index contributed by atoms with van der Waals surface area (Å²) in [5, 5.41) is 6.64. The highest BCUT2D eigenvalue weighted by Gasteiger charge is 2.17. The quantitative estimate of drug-likeness (QED) is 0.818. The van der Waals surface area contributed by atoms with E-state index in [9.17, 15) is 4.79 Å². The molecule has 0 aliphatic carbocycles. The fourth-order valence-electron chi connectivity index (χ4n) is 1.48. The molecule has 0 unspecified atom stereocenters. The van der Waals surface area contributed by atoms with E-state index in [1.54, 1.807) is 32.0 Å². The van der Waals surface area contributed by atoms with E-state index < -0.39 is 5.91 Å². The molecular formula is C12H12ClN3O2. The molecule has 94 valence electrons. The number of hydrogen-bond donors (Lipinski definition) is 2. The molecule has 0 saturated carbocycles. The normalized spacial score (nSPS) is 10.4. The Morgan fingerprint density at radius 3 is 2.72 bits per heavy atom. The molecule has 1 aromatic heterocycles. The van der Waals surface area contributed by atoms with Crippen molar-refractivity contribution in [3.05, 3.63) is 40.0 Å². The molecule has 6 heteroatoms. The monoisotopic (exact) mass is 265 g/mol. The summed E-state index contributed by atoms with van der Waals surface area (Å²) in [6.07, 6.45) is 0. The van der Waals surface area contributed by atoms with E-state index in [1.165, 1.54) is 0 Å². The molecule has 0 bridgehead atoms. The van der Waals surface area contributed by atoms with Crippen LogP contribution in [0.2, 0.25) is 5.02 Å². The molecule has 5 nitrogen and oxygen atoms in total. The van der Waals surface area contributed by atoms with Crippen LogP contribution in [0.3, 0.4) is 0 Å². The summed E-state index contributed by atoms with van der Waals surface area (Å²) in [7, 11) is 0. The fraction of sp³-hybridized carbons (Fsp3) is 0.167. The zero-order valence-electron chi connectivity index (χ0n) is 9.95. The highest BCUT2D eigenvalue weighted by atomic mass is 35.5. The minimum absolute atomic E-state index is 0.229. The predicted molar refractivity (Wildman–Crippen MR) is 69.8 cm³/mol. The van der Waals surface area contributed by atoms with Gasteiger partial charge in [-0.1, -0.05) is 22.8 Å². The lowest BCUT2D eigenvalue weighted by molar-refractivity contribution is 0.102. The third-order valence-electron chi connectivity index (χ3n) is 2.66. The number of carbonyl (C=O) groups excluding carboxylic acids is 1. The number of hydrogen-bond acceptors (Lipinski definition) is 4. The van der Waals surface area contributed by atoms with Gasteiger partial charge in [-0.05, 0) is 26.0 Å². The highest BCUT2D eigenvalue weighted by Crippen LogP contribution is 2.24. The molecule has 0 aliphatic heterocycles. The van der Waals surface area contributed by atoms with E-state index in [0.29, 0.717) is 16.6 Å². The fourth-order valence-corrected chi connectivity index (χ4v) is 1.75. The van der Waals surface area contributed by atoms with Crippen LogP contribution in [0.5, 0.6) is 0 Å². The maximum absolute atomic E-state index is 12.1. The van der Waals surface area contributed by atoms with Crippen molar-refractivity contribution in [2.75, 3.05) is 11.1 Å². The largest absolute Gasteiger partial charge is 0.398 e. The Kier molecular flexibility index (Phi) is 3.25. The summed E-state index contributed by atoms with van der Waals surface area (Å²) in [6.45, 7) is 3.59. The molecule has 0 radical (unpaired) electrons. The maximum atomic E-state index is 12.1. The van der Waals surface area contributed by atoms with Crippen molar-refractivity contribution in [2.24, 2.45) is 0 Å². The molecule has 0 fully saturated rings. The smallest absolute Gasteiger partial charge is 0.261 e. The van der Waals surface area contributed by atoms with Crippen molar-refractivity contribution >= 4 is 29.1 Å². The number of carbonyl (C=O) groups is 1. The molecular weight excluding hydrogens is 254 g/mol. The van der Waals surface area contributed by atoms with Crippen LogP contribution in [0.1, 0.15) is 21.6 Å². The molecule has 0 spiro atoms. The average molecular weight is 266 g/mol. The van der Waals surface area contributed by atoms with Crippen LogP contribution in [0, 0.1) is 13.8 Å². The van der Waals surface area contributed by atoms with Crippen LogP contribution in [-0.4, -0.2) is 11.1 Å². The van der Waals surface area contributed by atoms with Gasteiger partial charge in [-0.25, -0.2) is 0 Å². The number of amides is 1. The third kappa shape index (κ3) is 2.17. The van der Waals surface area contributed by atoms with Gasteiger partial charge in [0.1, 0.15) is 0 Å². The van der Waals surface area contributed by atoms with Crippen molar-refractivity contribution in [3.63, 3.8) is 0 Å². The summed E-state index contributed by atoms with van der Waals surface area (Å²) in [4.78, 5) is 12.1. The molecule has 2 rings (SSSR count). The van der Waals surface area contributed by atoms with Crippen LogP contribution < -0.4 is 11.1 Å². The Bertz CT molecular complexity index is 587. The molecule has 0 aliphatic rings. The van der Waals surface area contributed by atoms with E-state index in [1.807, 2.05) is 0 Å². The van der Waals surface area contributed by atoms with E-state index >= 15 is 0 Å². The van der Waals surface area contributed by atoms with Crippen molar-refractivity contribution in [1.29, 1.82) is 0 Å². The standard InChI is InChI=1S/C12H12ClN3O2/c1-6-7(2)16-18-12(6)15-11(17)10-8(13)4-3-5-9(10)14/h3-5H,14H2,1-2H3,(H,15,17). The number of aryl methyl sites for hydroxylation is 1. The lowest BCUT2D eigenvalue weighted by Gasteiger charge is -2.07.